The van der Waals surface area contributed by atoms with Gasteiger partial charge < -0.3 is 10.5 Å². The summed E-state index contributed by atoms with van der Waals surface area (Å²) >= 11 is 11.4. The fourth-order valence-electron chi connectivity index (χ4n) is 1.04. The quantitative estimate of drug-likeness (QED) is 0.641. The van der Waals surface area contributed by atoms with Gasteiger partial charge in [0.1, 0.15) is 16.9 Å². The number of nitriles is 1. The van der Waals surface area contributed by atoms with Gasteiger partial charge in [-0.15, -0.1) is 0 Å². The Morgan fingerprint density at radius 3 is 2.80 bits per heavy atom. The number of hydrogen-bond acceptors (Lipinski definition) is 3. The van der Waals surface area contributed by atoms with Gasteiger partial charge in [-0.05, 0) is 23.8 Å². The van der Waals surface area contributed by atoms with Crippen LogP contribution in [0.15, 0.2) is 17.2 Å². The van der Waals surface area contributed by atoms with Crippen LogP contribution < -0.4 is 10.5 Å². The highest BCUT2D eigenvalue weighted by Crippen LogP contribution is 2.31. The molecule has 0 aliphatic carbocycles. The Kier molecular flexibility index (Phi) is 3.84. The number of methoxy groups -OCH3 is 1. The Labute approximate surface area is 97.7 Å². The average molecular weight is 243 g/mol. The summed E-state index contributed by atoms with van der Waals surface area (Å²) in [5.41, 5.74) is 6.68. The number of nitrogen functional groups attached to an aromatic ring is 1. The highest BCUT2D eigenvalue weighted by atomic mass is 35.5. The summed E-state index contributed by atoms with van der Waals surface area (Å²) in [5.74, 6) is 0.455. The highest BCUT2D eigenvalue weighted by Gasteiger charge is 2.06. The summed E-state index contributed by atoms with van der Waals surface area (Å²) in [4.78, 5) is 0. The van der Waals surface area contributed by atoms with Crippen LogP contribution >= 0.6 is 23.2 Å². The van der Waals surface area contributed by atoms with Crippen molar-refractivity contribution in [3.8, 4) is 11.8 Å². The smallest absolute Gasteiger partial charge is 0.143 e. The Bertz CT molecular complexity index is 449. The summed E-state index contributed by atoms with van der Waals surface area (Å²) in [6.07, 6.45) is 1.48. The Hall–Kier alpha value is -1.37. The molecule has 1 rings (SSSR count). The van der Waals surface area contributed by atoms with Gasteiger partial charge in [0.05, 0.1) is 17.8 Å². The zero-order valence-corrected chi connectivity index (χ0v) is 9.43. The van der Waals surface area contributed by atoms with E-state index >= 15 is 0 Å². The largest absolute Gasteiger partial charge is 0.495 e. The van der Waals surface area contributed by atoms with Crippen LogP contribution in [-0.4, -0.2) is 7.11 Å². The van der Waals surface area contributed by atoms with Crippen molar-refractivity contribution in [1.29, 1.82) is 5.26 Å². The number of allylic oxidation sites excluding steroid dienone is 1. The predicted molar refractivity (Wildman–Crippen MR) is 61.9 cm³/mol. The number of nitrogens with zero attached hydrogens (tertiary/aromatic N) is 1. The molecule has 2 N–H and O–H groups in total. The molecule has 0 atom stereocenters. The van der Waals surface area contributed by atoms with E-state index in [0.717, 1.165) is 0 Å². The van der Waals surface area contributed by atoms with Crippen LogP contribution in [0.2, 0.25) is 5.02 Å². The zero-order valence-electron chi connectivity index (χ0n) is 7.92. The minimum atomic E-state index is 0.0675. The first kappa shape index (κ1) is 11.7. The molecule has 0 fully saturated rings. The lowest BCUT2D eigenvalue weighted by Gasteiger charge is -2.07. The molecule has 1 aromatic rings. The van der Waals surface area contributed by atoms with Crippen molar-refractivity contribution in [2.75, 3.05) is 12.8 Å². The van der Waals surface area contributed by atoms with Crippen molar-refractivity contribution >= 4 is 35.0 Å². The number of anilines is 1. The number of benzene rings is 1. The van der Waals surface area contributed by atoms with Crippen LogP contribution in [0.4, 0.5) is 5.69 Å². The van der Waals surface area contributed by atoms with E-state index in [0.29, 0.717) is 22.0 Å². The van der Waals surface area contributed by atoms with Crippen LogP contribution in [0, 0.1) is 11.3 Å². The normalized spacial score (nSPS) is 10.9. The van der Waals surface area contributed by atoms with Gasteiger partial charge in [-0.3, -0.25) is 0 Å². The molecule has 0 unspecified atom stereocenters. The van der Waals surface area contributed by atoms with Crippen molar-refractivity contribution in [3.63, 3.8) is 0 Å². The van der Waals surface area contributed by atoms with Crippen molar-refractivity contribution < 1.29 is 4.74 Å². The summed E-state index contributed by atoms with van der Waals surface area (Å²) in [6, 6.07) is 5.06. The summed E-state index contributed by atoms with van der Waals surface area (Å²) in [7, 11) is 1.49. The molecule has 5 heteroatoms. The van der Waals surface area contributed by atoms with Gasteiger partial charge in [-0.25, -0.2) is 0 Å². The summed E-state index contributed by atoms with van der Waals surface area (Å²) in [6.45, 7) is 0. The third kappa shape index (κ3) is 2.79. The van der Waals surface area contributed by atoms with E-state index < -0.39 is 0 Å². The topological polar surface area (TPSA) is 59.0 Å². The first-order valence-electron chi connectivity index (χ1n) is 3.98. The number of halogens is 2. The summed E-state index contributed by atoms with van der Waals surface area (Å²) < 4.78 is 5.02. The second-order valence-electron chi connectivity index (χ2n) is 2.72. The third-order valence-corrected chi connectivity index (χ3v) is 2.24. The zero-order chi connectivity index (χ0) is 11.4. The molecule has 0 spiro atoms. The van der Waals surface area contributed by atoms with Crippen LogP contribution in [0.5, 0.6) is 5.75 Å². The molecule has 0 heterocycles. The Balaban J connectivity index is 3.24. The molecule has 1 aromatic carbocycles. The maximum absolute atomic E-state index is 8.51. The van der Waals surface area contributed by atoms with Gasteiger partial charge in [0.25, 0.3) is 0 Å². The Morgan fingerprint density at radius 2 is 2.27 bits per heavy atom. The minimum absolute atomic E-state index is 0.0675. The second-order valence-corrected chi connectivity index (χ2v) is 3.54. The molecule has 0 radical (unpaired) electrons. The van der Waals surface area contributed by atoms with Crippen LogP contribution in [0.25, 0.3) is 6.08 Å². The number of ether oxygens (including phenoxy) is 1. The molecular weight excluding hydrogens is 235 g/mol. The predicted octanol–water partition coefficient (Wildman–Crippen LogP) is 3.03. The lowest BCUT2D eigenvalue weighted by molar-refractivity contribution is 0.417. The van der Waals surface area contributed by atoms with Gasteiger partial charge in [-0.2, -0.15) is 5.26 Å². The van der Waals surface area contributed by atoms with E-state index in [2.05, 4.69) is 0 Å². The van der Waals surface area contributed by atoms with Crippen molar-refractivity contribution in [1.82, 2.24) is 0 Å². The van der Waals surface area contributed by atoms with Crippen LogP contribution in [0.1, 0.15) is 5.56 Å². The average Bonchev–Trinajstić information content (AvgIpc) is 2.22. The van der Waals surface area contributed by atoms with Gasteiger partial charge in [0, 0.05) is 0 Å². The monoisotopic (exact) mass is 242 g/mol. The molecule has 78 valence electrons. The second kappa shape index (κ2) is 4.92. The Morgan fingerprint density at radius 1 is 1.60 bits per heavy atom. The van der Waals surface area contributed by atoms with Crippen LogP contribution in [0.3, 0.4) is 0 Å². The van der Waals surface area contributed by atoms with Gasteiger partial charge in [0.15, 0.2) is 0 Å². The molecule has 0 amide bonds. The van der Waals surface area contributed by atoms with Crippen molar-refractivity contribution in [2.45, 2.75) is 0 Å². The fraction of sp³-hybridized carbons (Fsp3) is 0.100. The molecule has 0 saturated carbocycles. The van der Waals surface area contributed by atoms with E-state index in [-0.39, 0.29) is 5.03 Å². The molecule has 3 nitrogen and oxygen atoms in total. The maximum Gasteiger partial charge on any atom is 0.143 e. The number of rotatable bonds is 2. The van der Waals surface area contributed by atoms with Crippen molar-refractivity contribution in [3.05, 3.63) is 27.8 Å². The first-order chi connectivity index (χ1) is 7.08. The van der Waals surface area contributed by atoms with Crippen molar-refractivity contribution in [2.24, 2.45) is 0 Å². The van der Waals surface area contributed by atoms with E-state index in [4.69, 9.17) is 38.9 Å². The number of nitrogens with two attached hydrogens (primary N) is 1. The summed E-state index contributed by atoms with van der Waals surface area (Å²) in [5, 5.41) is 8.94. The number of hydrogen-bond donors (Lipinski definition) is 1. The lowest BCUT2D eigenvalue weighted by atomic mass is 10.2. The molecule has 0 aliphatic heterocycles. The fourth-order valence-corrected chi connectivity index (χ4v) is 1.39. The van der Waals surface area contributed by atoms with Crippen LogP contribution in [-0.2, 0) is 0 Å². The third-order valence-electron chi connectivity index (χ3n) is 1.73. The maximum atomic E-state index is 8.51. The molecular formula is C10H8Cl2N2O. The highest BCUT2D eigenvalue weighted by molar-refractivity contribution is 6.34. The first-order valence-corrected chi connectivity index (χ1v) is 4.74. The van der Waals surface area contributed by atoms with Gasteiger partial charge >= 0.3 is 0 Å². The minimum Gasteiger partial charge on any atom is -0.495 e. The van der Waals surface area contributed by atoms with Gasteiger partial charge in [-0.1, -0.05) is 23.2 Å². The SMILES string of the molecule is COc1cc(/C=C(\Cl)C#N)cc(Cl)c1N. The molecule has 0 aliphatic rings. The lowest BCUT2D eigenvalue weighted by Crippen LogP contribution is -1.94. The van der Waals surface area contributed by atoms with E-state index in [1.807, 2.05) is 0 Å². The van der Waals surface area contributed by atoms with E-state index in [1.165, 1.54) is 13.2 Å². The standard InChI is InChI=1S/C10H8Cl2N2O/c1-15-9-4-6(2-7(11)5-13)3-8(12)10(9)14/h2-4H,14H2,1H3/b7-2-. The molecule has 0 saturated heterocycles. The van der Waals surface area contributed by atoms with Gasteiger partial charge in [0.2, 0.25) is 0 Å². The molecule has 15 heavy (non-hydrogen) atoms. The van der Waals surface area contributed by atoms with E-state index in [9.17, 15) is 0 Å². The molecule has 0 aromatic heterocycles. The van der Waals surface area contributed by atoms with E-state index in [1.54, 1.807) is 18.2 Å². The molecule has 0 bridgehead atoms.